The average Bonchev–Trinajstić information content (AvgIpc) is 2.49. The van der Waals surface area contributed by atoms with E-state index in [1.807, 2.05) is 31.2 Å². The Balaban J connectivity index is 2.07. The summed E-state index contributed by atoms with van der Waals surface area (Å²) in [6, 6.07) is 13.8. The quantitative estimate of drug-likeness (QED) is 0.881. The zero-order valence-electron chi connectivity index (χ0n) is 13.3. The van der Waals surface area contributed by atoms with Gasteiger partial charge in [-0.2, -0.15) is 0 Å². The molecule has 2 N–H and O–H groups in total. The van der Waals surface area contributed by atoms with Crippen LogP contribution in [0, 0.1) is 6.92 Å². The van der Waals surface area contributed by atoms with Gasteiger partial charge >= 0.3 is 0 Å². The number of hydrogen-bond donors (Lipinski definition) is 2. The Morgan fingerprint density at radius 2 is 1.43 bits per heavy atom. The van der Waals surface area contributed by atoms with Gasteiger partial charge in [0.15, 0.2) is 0 Å². The average molecular weight is 332 g/mol. The van der Waals surface area contributed by atoms with E-state index in [4.69, 9.17) is 0 Å². The number of aryl methyl sites for hydroxylation is 1. The highest BCUT2D eigenvalue weighted by Gasteiger charge is 2.15. The molecule has 0 saturated carbocycles. The van der Waals surface area contributed by atoms with Gasteiger partial charge in [-0.1, -0.05) is 17.7 Å². The first kappa shape index (κ1) is 17.0. The van der Waals surface area contributed by atoms with E-state index >= 15 is 0 Å². The van der Waals surface area contributed by atoms with Crippen LogP contribution in [0.3, 0.4) is 0 Å². The molecule has 0 fully saturated rings. The molecule has 0 aromatic heterocycles. The van der Waals surface area contributed by atoms with E-state index in [-0.39, 0.29) is 5.91 Å². The van der Waals surface area contributed by atoms with Crippen LogP contribution in [0.15, 0.2) is 48.5 Å². The standard InChI is InChI=1S/C17H20N2O3S/c1-12(2)23(21,22)19-16-10-6-14(7-11-16)17(20)18-15-8-4-13(3)5-9-15/h4-12,19H,1-3H3,(H,18,20). The zero-order chi connectivity index (χ0) is 17.0. The monoisotopic (exact) mass is 332 g/mol. The summed E-state index contributed by atoms with van der Waals surface area (Å²) in [5.74, 6) is -0.243. The van der Waals surface area contributed by atoms with Gasteiger partial charge in [0.2, 0.25) is 10.0 Å². The van der Waals surface area contributed by atoms with Gasteiger partial charge < -0.3 is 5.32 Å². The summed E-state index contributed by atoms with van der Waals surface area (Å²) >= 11 is 0. The number of carbonyl (C=O) groups excluding carboxylic acids is 1. The molecule has 0 aliphatic heterocycles. The minimum atomic E-state index is -3.39. The number of nitrogens with one attached hydrogen (secondary N) is 2. The van der Waals surface area contributed by atoms with Gasteiger partial charge in [0, 0.05) is 16.9 Å². The van der Waals surface area contributed by atoms with Gasteiger partial charge in [0.1, 0.15) is 0 Å². The van der Waals surface area contributed by atoms with Gasteiger partial charge in [-0.25, -0.2) is 8.42 Å². The van der Waals surface area contributed by atoms with E-state index in [9.17, 15) is 13.2 Å². The number of amides is 1. The molecule has 1 amide bonds. The highest BCUT2D eigenvalue weighted by atomic mass is 32.2. The lowest BCUT2D eigenvalue weighted by atomic mass is 10.2. The number of hydrogen-bond acceptors (Lipinski definition) is 3. The van der Waals surface area contributed by atoms with Gasteiger partial charge in [-0.05, 0) is 57.2 Å². The minimum Gasteiger partial charge on any atom is -0.322 e. The molecule has 2 aromatic rings. The van der Waals surface area contributed by atoms with Crippen molar-refractivity contribution in [3.8, 4) is 0 Å². The van der Waals surface area contributed by atoms with Crippen LogP contribution in [0.1, 0.15) is 29.8 Å². The topological polar surface area (TPSA) is 75.3 Å². The molecule has 0 radical (unpaired) electrons. The molecule has 23 heavy (non-hydrogen) atoms. The molecule has 0 aliphatic rings. The molecule has 122 valence electrons. The largest absolute Gasteiger partial charge is 0.322 e. The van der Waals surface area contributed by atoms with Crippen LogP contribution in [-0.2, 0) is 10.0 Å². The SMILES string of the molecule is Cc1ccc(NC(=O)c2ccc(NS(=O)(=O)C(C)C)cc2)cc1. The van der Waals surface area contributed by atoms with E-state index in [0.29, 0.717) is 16.9 Å². The smallest absolute Gasteiger partial charge is 0.255 e. The fourth-order valence-electron chi connectivity index (χ4n) is 1.81. The molecule has 6 heteroatoms. The summed E-state index contributed by atoms with van der Waals surface area (Å²) in [6.07, 6.45) is 0. The predicted octanol–water partition coefficient (Wildman–Crippen LogP) is 3.40. The van der Waals surface area contributed by atoms with E-state index in [0.717, 1.165) is 5.56 Å². The van der Waals surface area contributed by atoms with Crippen LogP contribution in [-0.4, -0.2) is 19.6 Å². The molecule has 0 saturated heterocycles. The fraction of sp³-hybridized carbons (Fsp3) is 0.235. The molecule has 5 nitrogen and oxygen atoms in total. The van der Waals surface area contributed by atoms with Crippen molar-refractivity contribution in [2.24, 2.45) is 0 Å². The summed E-state index contributed by atoms with van der Waals surface area (Å²) < 4.78 is 26.1. The molecule has 0 aliphatic carbocycles. The highest BCUT2D eigenvalue weighted by Crippen LogP contribution is 2.15. The van der Waals surface area contributed by atoms with Crippen molar-refractivity contribution < 1.29 is 13.2 Å². The summed E-state index contributed by atoms with van der Waals surface area (Å²) in [7, 11) is -3.39. The number of sulfonamides is 1. The Kier molecular flexibility index (Phi) is 5.05. The second kappa shape index (κ2) is 6.83. The van der Waals surface area contributed by atoms with E-state index in [2.05, 4.69) is 10.0 Å². The molecule has 0 unspecified atom stereocenters. The third-order valence-electron chi connectivity index (χ3n) is 3.34. The molecular weight excluding hydrogens is 312 g/mol. The lowest BCUT2D eigenvalue weighted by molar-refractivity contribution is 0.102. The Bertz CT molecular complexity index is 780. The van der Waals surface area contributed by atoms with Crippen molar-refractivity contribution in [1.29, 1.82) is 0 Å². The van der Waals surface area contributed by atoms with Crippen LogP contribution >= 0.6 is 0 Å². The minimum absolute atomic E-state index is 0.243. The van der Waals surface area contributed by atoms with Crippen molar-refractivity contribution >= 4 is 27.3 Å². The van der Waals surface area contributed by atoms with Crippen LogP contribution in [0.25, 0.3) is 0 Å². The Morgan fingerprint density at radius 1 is 0.913 bits per heavy atom. The van der Waals surface area contributed by atoms with Crippen molar-refractivity contribution in [3.05, 3.63) is 59.7 Å². The molecule has 2 aromatic carbocycles. The molecule has 0 spiro atoms. The van der Waals surface area contributed by atoms with Gasteiger partial charge in [-0.15, -0.1) is 0 Å². The first-order valence-electron chi connectivity index (χ1n) is 7.27. The normalized spacial score (nSPS) is 11.3. The second-order valence-corrected chi connectivity index (χ2v) is 7.83. The lowest BCUT2D eigenvalue weighted by Gasteiger charge is -2.11. The van der Waals surface area contributed by atoms with Crippen LogP contribution in [0.5, 0.6) is 0 Å². The van der Waals surface area contributed by atoms with E-state index in [1.54, 1.807) is 38.1 Å². The Morgan fingerprint density at radius 3 is 1.96 bits per heavy atom. The van der Waals surface area contributed by atoms with Gasteiger partial charge in [0.25, 0.3) is 5.91 Å². The number of rotatable bonds is 5. The van der Waals surface area contributed by atoms with Crippen LogP contribution in [0.2, 0.25) is 0 Å². The molecule has 2 rings (SSSR count). The molecule has 0 heterocycles. The maximum Gasteiger partial charge on any atom is 0.255 e. The number of anilines is 2. The maximum absolute atomic E-state index is 12.2. The maximum atomic E-state index is 12.2. The van der Waals surface area contributed by atoms with Crippen LogP contribution < -0.4 is 10.0 Å². The highest BCUT2D eigenvalue weighted by molar-refractivity contribution is 7.93. The molecule has 0 atom stereocenters. The summed E-state index contributed by atoms with van der Waals surface area (Å²) in [5, 5.41) is 2.27. The third kappa shape index (κ3) is 4.56. The van der Waals surface area contributed by atoms with E-state index in [1.165, 1.54) is 0 Å². The van der Waals surface area contributed by atoms with Crippen molar-refractivity contribution in [3.63, 3.8) is 0 Å². The second-order valence-electron chi connectivity index (χ2n) is 5.59. The van der Waals surface area contributed by atoms with Crippen molar-refractivity contribution in [2.45, 2.75) is 26.0 Å². The van der Waals surface area contributed by atoms with Crippen molar-refractivity contribution in [1.82, 2.24) is 0 Å². The lowest BCUT2D eigenvalue weighted by Crippen LogP contribution is -2.22. The van der Waals surface area contributed by atoms with Crippen LogP contribution in [0.4, 0.5) is 11.4 Å². The number of carbonyl (C=O) groups is 1. The molecular formula is C17H20N2O3S. The summed E-state index contributed by atoms with van der Waals surface area (Å²) in [5.41, 5.74) is 2.72. The third-order valence-corrected chi connectivity index (χ3v) is 5.10. The first-order chi connectivity index (χ1) is 10.8. The van der Waals surface area contributed by atoms with Crippen molar-refractivity contribution in [2.75, 3.05) is 10.0 Å². The Labute approximate surface area is 136 Å². The number of benzene rings is 2. The zero-order valence-corrected chi connectivity index (χ0v) is 14.1. The fourth-order valence-corrected chi connectivity index (χ4v) is 2.51. The summed E-state index contributed by atoms with van der Waals surface area (Å²) in [4.78, 5) is 12.2. The van der Waals surface area contributed by atoms with E-state index < -0.39 is 15.3 Å². The van der Waals surface area contributed by atoms with Gasteiger partial charge in [-0.3, -0.25) is 9.52 Å². The Hall–Kier alpha value is -2.34. The predicted molar refractivity (Wildman–Crippen MR) is 93.3 cm³/mol. The molecule has 0 bridgehead atoms. The van der Waals surface area contributed by atoms with Gasteiger partial charge in [0.05, 0.1) is 5.25 Å². The first-order valence-corrected chi connectivity index (χ1v) is 8.82. The summed E-state index contributed by atoms with van der Waals surface area (Å²) in [6.45, 7) is 5.18.